The van der Waals surface area contributed by atoms with E-state index in [2.05, 4.69) is 37.9 Å². The summed E-state index contributed by atoms with van der Waals surface area (Å²) in [6.07, 6.45) is 8.30. The molecule has 19 heavy (non-hydrogen) atoms. The van der Waals surface area contributed by atoms with Crippen LogP contribution in [0.4, 0.5) is 0 Å². The fourth-order valence-electron chi connectivity index (χ4n) is 4.60. The lowest BCUT2D eigenvalue weighted by Gasteiger charge is -2.45. The lowest BCUT2D eigenvalue weighted by molar-refractivity contribution is 0.0834. The number of piperidine rings is 1. The van der Waals surface area contributed by atoms with Crippen molar-refractivity contribution in [2.75, 3.05) is 26.2 Å². The third kappa shape index (κ3) is 5.07. The minimum atomic E-state index is 0.505. The number of nitrogens with zero attached hydrogens (tertiary/aromatic N) is 1. The Morgan fingerprint density at radius 2 is 1.53 bits per heavy atom. The lowest BCUT2D eigenvalue weighted by Crippen LogP contribution is -2.46. The van der Waals surface area contributed by atoms with Crippen LogP contribution in [-0.2, 0) is 0 Å². The molecule has 2 aliphatic rings. The second-order valence-corrected chi connectivity index (χ2v) is 8.47. The van der Waals surface area contributed by atoms with Crippen LogP contribution in [-0.4, -0.2) is 37.1 Å². The average Bonchev–Trinajstić information content (AvgIpc) is 2.26. The van der Waals surface area contributed by atoms with Gasteiger partial charge in [0.2, 0.25) is 0 Å². The molecule has 0 aromatic carbocycles. The molecule has 0 spiro atoms. The molecule has 0 aromatic heterocycles. The van der Waals surface area contributed by atoms with Gasteiger partial charge in [-0.2, -0.15) is 0 Å². The van der Waals surface area contributed by atoms with Crippen molar-refractivity contribution in [1.29, 1.82) is 0 Å². The molecular weight excluding hydrogens is 232 g/mol. The molecule has 2 rings (SSSR count). The lowest BCUT2D eigenvalue weighted by atomic mass is 9.63. The summed E-state index contributed by atoms with van der Waals surface area (Å²) in [7, 11) is 0. The fraction of sp³-hybridized carbons (Fsp3) is 1.00. The Morgan fingerprint density at radius 3 is 2.11 bits per heavy atom. The van der Waals surface area contributed by atoms with Gasteiger partial charge in [0.05, 0.1) is 0 Å². The van der Waals surface area contributed by atoms with E-state index < -0.39 is 0 Å². The van der Waals surface area contributed by atoms with E-state index in [0.717, 1.165) is 6.04 Å². The van der Waals surface area contributed by atoms with Crippen LogP contribution in [0, 0.1) is 10.8 Å². The maximum Gasteiger partial charge on any atom is 0.0107 e. The van der Waals surface area contributed by atoms with Gasteiger partial charge in [-0.25, -0.2) is 0 Å². The second kappa shape index (κ2) is 6.13. The van der Waals surface area contributed by atoms with Crippen LogP contribution in [0.3, 0.4) is 0 Å². The van der Waals surface area contributed by atoms with Crippen molar-refractivity contribution in [3.8, 4) is 0 Å². The van der Waals surface area contributed by atoms with Crippen LogP contribution >= 0.6 is 0 Å². The third-order valence-electron chi connectivity index (χ3n) is 4.86. The Kier molecular flexibility index (Phi) is 4.94. The summed E-state index contributed by atoms with van der Waals surface area (Å²) in [5.74, 6) is 0. The Hall–Kier alpha value is -0.0800. The van der Waals surface area contributed by atoms with Gasteiger partial charge in [-0.3, -0.25) is 0 Å². The first-order valence-electron chi connectivity index (χ1n) is 8.32. The Morgan fingerprint density at radius 1 is 0.947 bits per heavy atom. The van der Waals surface area contributed by atoms with Crippen LogP contribution in [0.5, 0.6) is 0 Å². The van der Waals surface area contributed by atoms with Gasteiger partial charge in [-0.1, -0.05) is 34.1 Å². The van der Waals surface area contributed by atoms with Gasteiger partial charge in [0, 0.05) is 19.1 Å². The van der Waals surface area contributed by atoms with Crippen LogP contribution in [0.2, 0.25) is 0 Å². The van der Waals surface area contributed by atoms with Gasteiger partial charge in [0.25, 0.3) is 0 Å². The summed E-state index contributed by atoms with van der Waals surface area (Å²) < 4.78 is 0. The van der Waals surface area contributed by atoms with Gasteiger partial charge in [-0.15, -0.1) is 0 Å². The number of rotatable bonds is 4. The minimum Gasteiger partial charge on any atom is -0.313 e. The molecule has 1 aliphatic carbocycles. The van der Waals surface area contributed by atoms with E-state index in [4.69, 9.17) is 0 Å². The zero-order valence-electron chi connectivity index (χ0n) is 13.6. The Labute approximate surface area is 120 Å². The SMILES string of the molecule is CC1(C)CC(NCCN2CCCCC2)CC(C)(C)C1. The molecule has 0 amide bonds. The summed E-state index contributed by atoms with van der Waals surface area (Å²) in [5.41, 5.74) is 1.01. The van der Waals surface area contributed by atoms with Crippen molar-refractivity contribution in [1.82, 2.24) is 10.2 Å². The number of likely N-dealkylation sites (tertiary alicyclic amines) is 1. The number of hydrogen-bond acceptors (Lipinski definition) is 2. The molecule has 112 valence electrons. The molecule has 1 heterocycles. The first-order valence-corrected chi connectivity index (χ1v) is 8.32. The molecule has 2 heteroatoms. The van der Waals surface area contributed by atoms with Gasteiger partial charge in [-0.05, 0) is 56.0 Å². The molecule has 2 fully saturated rings. The third-order valence-corrected chi connectivity index (χ3v) is 4.86. The van der Waals surface area contributed by atoms with Crippen LogP contribution in [0.1, 0.15) is 66.2 Å². The summed E-state index contributed by atoms with van der Waals surface area (Å²) in [4.78, 5) is 2.63. The summed E-state index contributed by atoms with van der Waals surface area (Å²) in [6, 6.07) is 0.726. The van der Waals surface area contributed by atoms with E-state index in [-0.39, 0.29) is 0 Å². The highest BCUT2D eigenvalue weighted by Crippen LogP contribution is 2.45. The summed E-state index contributed by atoms with van der Waals surface area (Å²) in [6.45, 7) is 14.8. The topological polar surface area (TPSA) is 15.3 Å². The first-order chi connectivity index (χ1) is 8.86. The van der Waals surface area contributed by atoms with Crippen molar-refractivity contribution in [3.05, 3.63) is 0 Å². The van der Waals surface area contributed by atoms with Crippen molar-refractivity contribution in [2.45, 2.75) is 72.3 Å². The fourth-order valence-corrected chi connectivity index (χ4v) is 4.60. The largest absolute Gasteiger partial charge is 0.313 e. The van der Waals surface area contributed by atoms with E-state index in [1.807, 2.05) is 0 Å². The standard InChI is InChI=1S/C17H34N2/c1-16(2)12-15(13-17(3,4)14-16)18-8-11-19-9-6-5-7-10-19/h15,18H,5-14H2,1-4H3. The molecule has 0 atom stereocenters. The van der Waals surface area contributed by atoms with E-state index >= 15 is 0 Å². The Balaban J connectivity index is 1.72. The van der Waals surface area contributed by atoms with Crippen LogP contribution in [0.15, 0.2) is 0 Å². The van der Waals surface area contributed by atoms with Gasteiger partial charge in [0.15, 0.2) is 0 Å². The highest BCUT2D eigenvalue weighted by atomic mass is 15.1. The second-order valence-electron chi connectivity index (χ2n) is 8.47. The smallest absolute Gasteiger partial charge is 0.0107 e. The van der Waals surface area contributed by atoms with Crippen LogP contribution in [0.25, 0.3) is 0 Å². The van der Waals surface area contributed by atoms with Crippen LogP contribution < -0.4 is 5.32 Å². The quantitative estimate of drug-likeness (QED) is 0.835. The van der Waals surface area contributed by atoms with E-state index in [1.165, 1.54) is 64.7 Å². The van der Waals surface area contributed by atoms with E-state index in [0.29, 0.717) is 10.8 Å². The van der Waals surface area contributed by atoms with Gasteiger partial charge in [0.1, 0.15) is 0 Å². The maximum absolute atomic E-state index is 3.84. The predicted octanol–water partition coefficient (Wildman–Crippen LogP) is 3.67. The maximum atomic E-state index is 3.84. The van der Waals surface area contributed by atoms with Gasteiger partial charge >= 0.3 is 0 Å². The van der Waals surface area contributed by atoms with Crippen molar-refractivity contribution in [3.63, 3.8) is 0 Å². The van der Waals surface area contributed by atoms with Crippen molar-refractivity contribution < 1.29 is 0 Å². The average molecular weight is 266 g/mol. The molecule has 0 aromatic rings. The van der Waals surface area contributed by atoms with Crippen molar-refractivity contribution >= 4 is 0 Å². The predicted molar refractivity (Wildman–Crippen MR) is 83.5 cm³/mol. The molecule has 0 unspecified atom stereocenters. The van der Waals surface area contributed by atoms with Crippen molar-refractivity contribution in [2.24, 2.45) is 10.8 Å². The molecule has 1 N–H and O–H groups in total. The molecular formula is C17H34N2. The molecule has 0 bridgehead atoms. The normalized spacial score (nSPS) is 28.4. The molecule has 0 radical (unpaired) electrons. The zero-order chi connectivity index (χ0) is 13.9. The highest BCUT2D eigenvalue weighted by molar-refractivity contribution is 4.92. The first kappa shape index (κ1) is 15.3. The van der Waals surface area contributed by atoms with E-state index in [1.54, 1.807) is 0 Å². The number of hydrogen-bond donors (Lipinski definition) is 1. The summed E-state index contributed by atoms with van der Waals surface area (Å²) >= 11 is 0. The highest BCUT2D eigenvalue weighted by Gasteiger charge is 2.38. The molecule has 2 nitrogen and oxygen atoms in total. The zero-order valence-corrected chi connectivity index (χ0v) is 13.6. The molecule has 1 saturated heterocycles. The minimum absolute atomic E-state index is 0.505. The molecule has 1 aliphatic heterocycles. The molecule has 1 saturated carbocycles. The monoisotopic (exact) mass is 266 g/mol. The van der Waals surface area contributed by atoms with E-state index in [9.17, 15) is 0 Å². The summed E-state index contributed by atoms with van der Waals surface area (Å²) in [5, 5.41) is 3.84. The van der Waals surface area contributed by atoms with Gasteiger partial charge < -0.3 is 10.2 Å². The number of nitrogens with one attached hydrogen (secondary N) is 1. The Bertz CT molecular complexity index is 261.